The Morgan fingerprint density at radius 1 is 1.56 bits per heavy atom. The topological polar surface area (TPSA) is 38.3 Å². The van der Waals surface area contributed by atoms with Crippen molar-refractivity contribution in [3.05, 3.63) is 24.3 Å². The number of benzene rings is 1. The summed E-state index contributed by atoms with van der Waals surface area (Å²) in [7, 11) is 1.57. The zero-order chi connectivity index (χ0) is 11.8. The summed E-state index contributed by atoms with van der Waals surface area (Å²) in [6.07, 6.45) is 5.09. The van der Waals surface area contributed by atoms with Crippen molar-refractivity contribution >= 4 is 23.4 Å². The lowest BCUT2D eigenvalue weighted by atomic mass is 10.3. The molecule has 0 aliphatic heterocycles. The van der Waals surface area contributed by atoms with Crippen molar-refractivity contribution in [1.29, 1.82) is 0 Å². The maximum atomic E-state index is 11.5. The third-order valence-corrected chi connectivity index (χ3v) is 2.64. The van der Waals surface area contributed by atoms with E-state index in [1.165, 1.54) is 11.8 Å². The predicted octanol–water partition coefficient (Wildman–Crippen LogP) is 2.00. The van der Waals surface area contributed by atoms with E-state index in [1.807, 2.05) is 12.1 Å². The van der Waals surface area contributed by atoms with Crippen LogP contribution in [0.25, 0.3) is 0 Å². The molecule has 0 aliphatic carbocycles. The number of carbonyl (C=O) groups excluding carboxylic acids is 1. The van der Waals surface area contributed by atoms with E-state index in [0.29, 0.717) is 22.9 Å². The Hall–Kier alpha value is -1.60. The molecule has 3 nitrogen and oxygen atoms in total. The Morgan fingerprint density at radius 3 is 3.00 bits per heavy atom. The van der Waals surface area contributed by atoms with Gasteiger partial charge in [-0.05, 0) is 12.1 Å². The standard InChI is InChI=1S/C12H13NO2S/c1-3-8-16-9-12(14)13-10-6-4-5-7-11(10)15-2/h1,4-7H,8-9H2,2H3,(H,13,14). The molecule has 0 aromatic heterocycles. The zero-order valence-corrected chi connectivity index (χ0v) is 9.84. The van der Waals surface area contributed by atoms with Gasteiger partial charge in [0.2, 0.25) is 5.91 Å². The highest BCUT2D eigenvalue weighted by atomic mass is 32.2. The lowest BCUT2D eigenvalue weighted by molar-refractivity contribution is -0.113. The van der Waals surface area contributed by atoms with Crippen molar-refractivity contribution in [3.63, 3.8) is 0 Å². The van der Waals surface area contributed by atoms with E-state index in [0.717, 1.165) is 0 Å². The van der Waals surface area contributed by atoms with Crippen LogP contribution in [0, 0.1) is 12.3 Å². The van der Waals surface area contributed by atoms with Gasteiger partial charge in [-0.1, -0.05) is 18.1 Å². The molecule has 0 saturated carbocycles. The normalized spacial score (nSPS) is 9.25. The van der Waals surface area contributed by atoms with E-state index in [1.54, 1.807) is 19.2 Å². The SMILES string of the molecule is C#CCSCC(=O)Nc1ccccc1OC. The van der Waals surface area contributed by atoms with Crippen LogP contribution in [0.2, 0.25) is 0 Å². The number of carbonyl (C=O) groups is 1. The molecule has 0 atom stereocenters. The number of anilines is 1. The van der Waals surface area contributed by atoms with E-state index in [4.69, 9.17) is 11.2 Å². The van der Waals surface area contributed by atoms with Crippen LogP contribution in [0.3, 0.4) is 0 Å². The number of para-hydroxylation sites is 2. The Labute approximate surface area is 99.6 Å². The zero-order valence-electron chi connectivity index (χ0n) is 9.03. The van der Waals surface area contributed by atoms with Gasteiger partial charge in [0, 0.05) is 0 Å². The van der Waals surface area contributed by atoms with Crippen molar-refractivity contribution in [2.75, 3.05) is 23.9 Å². The molecular weight excluding hydrogens is 222 g/mol. The quantitative estimate of drug-likeness (QED) is 0.626. The highest BCUT2D eigenvalue weighted by Gasteiger charge is 2.05. The molecule has 1 N–H and O–H groups in total. The summed E-state index contributed by atoms with van der Waals surface area (Å²) in [6, 6.07) is 7.28. The molecule has 0 saturated heterocycles. The van der Waals surface area contributed by atoms with Crippen LogP contribution < -0.4 is 10.1 Å². The summed E-state index contributed by atoms with van der Waals surface area (Å²) in [4.78, 5) is 11.5. The number of rotatable bonds is 5. The first-order valence-corrected chi connectivity index (χ1v) is 5.87. The van der Waals surface area contributed by atoms with Crippen molar-refractivity contribution in [1.82, 2.24) is 0 Å². The van der Waals surface area contributed by atoms with Gasteiger partial charge in [0.05, 0.1) is 24.3 Å². The van der Waals surface area contributed by atoms with E-state index >= 15 is 0 Å². The van der Waals surface area contributed by atoms with E-state index in [-0.39, 0.29) is 5.91 Å². The predicted molar refractivity (Wildman–Crippen MR) is 67.8 cm³/mol. The van der Waals surface area contributed by atoms with E-state index in [2.05, 4.69) is 11.2 Å². The number of methoxy groups -OCH3 is 1. The lowest BCUT2D eigenvalue weighted by Gasteiger charge is -2.08. The molecule has 0 fully saturated rings. The fraction of sp³-hybridized carbons (Fsp3) is 0.250. The summed E-state index contributed by atoms with van der Waals surface area (Å²) in [5.74, 6) is 3.93. The van der Waals surface area contributed by atoms with Gasteiger partial charge in [-0.15, -0.1) is 18.2 Å². The minimum absolute atomic E-state index is 0.0789. The van der Waals surface area contributed by atoms with Crippen LogP contribution in [0.5, 0.6) is 5.75 Å². The number of amides is 1. The molecule has 1 amide bonds. The second kappa shape index (κ2) is 6.81. The molecule has 1 aromatic rings. The Kier molecular flexibility index (Phi) is 5.30. The summed E-state index contributed by atoms with van der Waals surface area (Å²) in [5.41, 5.74) is 0.677. The second-order valence-corrected chi connectivity index (χ2v) is 3.93. The smallest absolute Gasteiger partial charge is 0.234 e. The van der Waals surface area contributed by atoms with Gasteiger partial charge in [0.1, 0.15) is 5.75 Å². The van der Waals surface area contributed by atoms with Crippen molar-refractivity contribution < 1.29 is 9.53 Å². The minimum atomic E-state index is -0.0789. The molecule has 0 spiro atoms. The molecule has 0 unspecified atom stereocenters. The maximum absolute atomic E-state index is 11.5. The Morgan fingerprint density at radius 2 is 2.31 bits per heavy atom. The van der Waals surface area contributed by atoms with Gasteiger partial charge in [-0.2, -0.15) is 0 Å². The second-order valence-electron chi connectivity index (χ2n) is 2.95. The molecule has 0 aliphatic rings. The van der Waals surface area contributed by atoms with Crippen LogP contribution in [0.4, 0.5) is 5.69 Å². The number of thioether (sulfide) groups is 1. The summed E-state index contributed by atoms with van der Waals surface area (Å²) < 4.78 is 5.12. The van der Waals surface area contributed by atoms with Crippen LogP contribution in [-0.4, -0.2) is 24.5 Å². The van der Waals surface area contributed by atoms with Gasteiger partial charge >= 0.3 is 0 Å². The van der Waals surface area contributed by atoms with Gasteiger partial charge in [0.15, 0.2) is 0 Å². The molecule has 0 radical (unpaired) electrons. The molecule has 1 rings (SSSR count). The number of ether oxygens (including phenoxy) is 1. The van der Waals surface area contributed by atoms with Crippen molar-refractivity contribution in [3.8, 4) is 18.1 Å². The number of terminal acetylenes is 1. The molecule has 4 heteroatoms. The van der Waals surface area contributed by atoms with Gasteiger partial charge in [-0.25, -0.2) is 0 Å². The van der Waals surface area contributed by atoms with E-state index in [9.17, 15) is 4.79 Å². The average molecular weight is 235 g/mol. The number of hydrogen-bond acceptors (Lipinski definition) is 3. The van der Waals surface area contributed by atoms with Crippen molar-refractivity contribution in [2.45, 2.75) is 0 Å². The fourth-order valence-electron chi connectivity index (χ4n) is 1.14. The molecule has 16 heavy (non-hydrogen) atoms. The molecule has 0 bridgehead atoms. The largest absolute Gasteiger partial charge is 0.495 e. The van der Waals surface area contributed by atoms with Gasteiger partial charge in [0.25, 0.3) is 0 Å². The first-order chi connectivity index (χ1) is 7.77. The first-order valence-electron chi connectivity index (χ1n) is 4.72. The van der Waals surface area contributed by atoms with Crippen LogP contribution in [-0.2, 0) is 4.79 Å². The number of nitrogens with one attached hydrogen (secondary N) is 1. The molecule has 84 valence electrons. The molecule has 0 heterocycles. The summed E-state index contributed by atoms with van der Waals surface area (Å²) >= 11 is 1.41. The molecule has 1 aromatic carbocycles. The van der Waals surface area contributed by atoms with Gasteiger partial charge < -0.3 is 10.1 Å². The van der Waals surface area contributed by atoms with Gasteiger partial charge in [-0.3, -0.25) is 4.79 Å². The van der Waals surface area contributed by atoms with Crippen molar-refractivity contribution in [2.24, 2.45) is 0 Å². The third-order valence-electron chi connectivity index (χ3n) is 1.80. The number of hydrogen-bond donors (Lipinski definition) is 1. The van der Waals surface area contributed by atoms with Crippen LogP contribution in [0.1, 0.15) is 0 Å². The highest BCUT2D eigenvalue weighted by Crippen LogP contribution is 2.22. The highest BCUT2D eigenvalue weighted by molar-refractivity contribution is 8.00. The first kappa shape index (κ1) is 12.5. The summed E-state index contributed by atoms with van der Waals surface area (Å²) in [6.45, 7) is 0. The van der Waals surface area contributed by atoms with Crippen LogP contribution in [0.15, 0.2) is 24.3 Å². The fourth-order valence-corrected chi connectivity index (χ4v) is 1.61. The molecular formula is C12H13NO2S. The van der Waals surface area contributed by atoms with Crippen LogP contribution >= 0.6 is 11.8 Å². The Balaban J connectivity index is 2.53. The Bertz CT molecular complexity index is 398. The lowest BCUT2D eigenvalue weighted by Crippen LogP contribution is -2.14. The monoisotopic (exact) mass is 235 g/mol. The maximum Gasteiger partial charge on any atom is 0.234 e. The minimum Gasteiger partial charge on any atom is -0.495 e. The van der Waals surface area contributed by atoms with E-state index < -0.39 is 0 Å². The average Bonchev–Trinajstić information content (AvgIpc) is 2.30. The summed E-state index contributed by atoms with van der Waals surface area (Å²) in [5, 5.41) is 2.77. The third kappa shape index (κ3) is 3.87.